The lowest BCUT2D eigenvalue weighted by atomic mass is 10.1. The van der Waals surface area contributed by atoms with Crippen molar-refractivity contribution < 1.29 is 5.11 Å². The van der Waals surface area contributed by atoms with Gasteiger partial charge in [-0.3, -0.25) is 9.36 Å². The van der Waals surface area contributed by atoms with Crippen molar-refractivity contribution in [3.63, 3.8) is 0 Å². The first-order valence-electron chi connectivity index (χ1n) is 7.57. The summed E-state index contributed by atoms with van der Waals surface area (Å²) in [6.07, 6.45) is 0.595. The van der Waals surface area contributed by atoms with Gasteiger partial charge in [0, 0.05) is 11.6 Å². The van der Waals surface area contributed by atoms with Gasteiger partial charge in [0.05, 0.1) is 10.0 Å². The zero-order valence-electron chi connectivity index (χ0n) is 13.9. The van der Waals surface area contributed by atoms with Crippen LogP contribution in [0.2, 0.25) is 10.0 Å². The molecule has 0 amide bonds. The molecule has 8 heteroatoms. The van der Waals surface area contributed by atoms with Crippen molar-refractivity contribution in [2.24, 2.45) is 10.2 Å². The molecule has 1 heterocycles. The molecule has 0 radical (unpaired) electrons. The highest BCUT2D eigenvalue weighted by atomic mass is 35.5. The first-order valence-corrected chi connectivity index (χ1v) is 8.32. The molecule has 1 N–H and O–H groups in total. The Morgan fingerprint density at radius 1 is 1.36 bits per heavy atom. The van der Waals surface area contributed by atoms with E-state index in [1.54, 1.807) is 25.1 Å². The fourth-order valence-corrected chi connectivity index (χ4v) is 2.63. The van der Waals surface area contributed by atoms with Gasteiger partial charge in [0.25, 0.3) is 5.56 Å². The third kappa shape index (κ3) is 3.53. The average molecular weight is 379 g/mol. The molecule has 0 aliphatic heterocycles. The Balaban J connectivity index is 2.69. The van der Waals surface area contributed by atoms with Crippen molar-refractivity contribution in [2.45, 2.75) is 33.2 Å². The van der Waals surface area contributed by atoms with Crippen LogP contribution in [0.3, 0.4) is 0 Å². The van der Waals surface area contributed by atoms with E-state index in [0.29, 0.717) is 17.1 Å². The number of rotatable bonds is 4. The van der Waals surface area contributed by atoms with E-state index in [-0.39, 0.29) is 33.8 Å². The van der Waals surface area contributed by atoms with E-state index in [9.17, 15) is 15.2 Å². The third-order valence-corrected chi connectivity index (χ3v) is 4.74. The summed E-state index contributed by atoms with van der Waals surface area (Å²) in [4.78, 5) is 12.7. The molecule has 2 rings (SSSR count). The molecule has 1 aromatic heterocycles. The molecule has 0 spiro atoms. The van der Waals surface area contributed by atoms with Gasteiger partial charge in [0.1, 0.15) is 17.3 Å². The molecule has 25 heavy (non-hydrogen) atoms. The van der Waals surface area contributed by atoms with Crippen LogP contribution in [0.15, 0.2) is 33.2 Å². The third-order valence-electron chi connectivity index (χ3n) is 3.94. The maximum absolute atomic E-state index is 12.7. The van der Waals surface area contributed by atoms with Gasteiger partial charge in [0.15, 0.2) is 5.69 Å². The number of nitriles is 1. The normalized spacial score (nSPS) is 12.3. The largest absolute Gasteiger partial charge is 0.493 e. The van der Waals surface area contributed by atoms with Crippen molar-refractivity contribution >= 4 is 34.6 Å². The van der Waals surface area contributed by atoms with Crippen LogP contribution in [0.1, 0.15) is 37.4 Å². The summed E-state index contributed by atoms with van der Waals surface area (Å²) < 4.78 is 1.15. The van der Waals surface area contributed by atoms with Gasteiger partial charge in [-0.25, -0.2) is 0 Å². The van der Waals surface area contributed by atoms with Gasteiger partial charge in [-0.05, 0) is 32.4 Å². The molecule has 2 aromatic rings. The average Bonchev–Trinajstić information content (AvgIpc) is 2.58. The molecule has 1 aromatic carbocycles. The van der Waals surface area contributed by atoms with Crippen LogP contribution in [0.25, 0.3) is 0 Å². The Morgan fingerprint density at radius 3 is 2.64 bits per heavy atom. The SMILES string of the molecule is CCC(C)n1c(O)c(C#N)c(C)c(N=Nc2cccc(Cl)c2Cl)c1=O. The first kappa shape index (κ1) is 19.0. The second kappa shape index (κ2) is 7.68. The smallest absolute Gasteiger partial charge is 0.281 e. The van der Waals surface area contributed by atoms with Crippen LogP contribution < -0.4 is 5.56 Å². The topological polar surface area (TPSA) is 90.7 Å². The minimum atomic E-state index is -0.523. The molecule has 0 saturated carbocycles. The Morgan fingerprint density at radius 2 is 2.04 bits per heavy atom. The van der Waals surface area contributed by atoms with Crippen LogP contribution in [0.5, 0.6) is 5.88 Å². The van der Waals surface area contributed by atoms with Crippen molar-refractivity contribution in [3.8, 4) is 11.9 Å². The lowest BCUT2D eigenvalue weighted by Crippen LogP contribution is -2.24. The summed E-state index contributed by atoms with van der Waals surface area (Å²) in [7, 11) is 0. The summed E-state index contributed by atoms with van der Waals surface area (Å²) >= 11 is 12.0. The van der Waals surface area contributed by atoms with Gasteiger partial charge in [-0.2, -0.15) is 5.26 Å². The fraction of sp³-hybridized carbons (Fsp3) is 0.294. The Kier molecular flexibility index (Phi) is 5.83. The molecular weight excluding hydrogens is 363 g/mol. The van der Waals surface area contributed by atoms with E-state index >= 15 is 0 Å². The summed E-state index contributed by atoms with van der Waals surface area (Å²) in [5.41, 5.74) is 0.00285. The maximum Gasteiger partial charge on any atom is 0.281 e. The van der Waals surface area contributed by atoms with E-state index in [4.69, 9.17) is 23.2 Å². The Labute approximate surface area is 155 Å². The van der Waals surface area contributed by atoms with E-state index in [2.05, 4.69) is 10.2 Å². The van der Waals surface area contributed by atoms with Crippen LogP contribution in [-0.2, 0) is 0 Å². The van der Waals surface area contributed by atoms with E-state index < -0.39 is 5.56 Å². The molecule has 0 aliphatic rings. The van der Waals surface area contributed by atoms with Gasteiger partial charge in [-0.15, -0.1) is 10.2 Å². The lowest BCUT2D eigenvalue weighted by molar-refractivity contribution is 0.372. The summed E-state index contributed by atoms with van der Waals surface area (Å²) in [6.45, 7) is 5.18. The number of aromatic hydroxyl groups is 1. The Hall–Kier alpha value is -2.36. The molecule has 0 bridgehead atoms. The number of aromatic nitrogens is 1. The lowest BCUT2D eigenvalue weighted by Gasteiger charge is -2.17. The molecule has 130 valence electrons. The number of hydrogen-bond donors (Lipinski definition) is 1. The van der Waals surface area contributed by atoms with E-state index in [0.717, 1.165) is 4.57 Å². The van der Waals surface area contributed by atoms with Gasteiger partial charge >= 0.3 is 0 Å². The highest BCUT2D eigenvalue weighted by Crippen LogP contribution is 2.34. The molecule has 6 nitrogen and oxygen atoms in total. The van der Waals surface area contributed by atoms with Gasteiger partial charge < -0.3 is 5.11 Å². The predicted molar refractivity (Wildman–Crippen MR) is 97.5 cm³/mol. The minimum Gasteiger partial charge on any atom is -0.493 e. The van der Waals surface area contributed by atoms with E-state index in [1.807, 2.05) is 13.0 Å². The first-order chi connectivity index (χ1) is 11.8. The van der Waals surface area contributed by atoms with Gasteiger partial charge in [0.2, 0.25) is 5.88 Å². The monoisotopic (exact) mass is 378 g/mol. The number of azo groups is 1. The van der Waals surface area contributed by atoms with Crippen molar-refractivity contribution in [2.75, 3.05) is 0 Å². The predicted octanol–water partition coefficient (Wildman–Crippen LogP) is 5.43. The summed E-state index contributed by atoms with van der Waals surface area (Å²) in [5, 5.41) is 28.1. The number of nitrogens with zero attached hydrogens (tertiary/aromatic N) is 4. The van der Waals surface area contributed by atoms with Crippen LogP contribution in [0.4, 0.5) is 11.4 Å². The molecule has 1 atom stereocenters. The van der Waals surface area contributed by atoms with Crippen LogP contribution in [-0.4, -0.2) is 9.67 Å². The van der Waals surface area contributed by atoms with E-state index in [1.165, 1.54) is 6.92 Å². The molecule has 0 aliphatic carbocycles. The molecule has 0 fully saturated rings. The molecular formula is C17H16Cl2N4O2. The fourth-order valence-electron chi connectivity index (χ4n) is 2.29. The Bertz CT molecular complexity index is 945. The summed E-state index contributed by atoms with van der Waals surface area (Å²) in [5.74, 6) is -0.362. The molecule has 0 saturated heterocycles. The second-order valence-corrected chi connectivity index (χ2v) is 6.27. The van der Waals surface area contributed by atoms with Crippen LogP contribution >= 0.6 is 23.2 Å². The maximum atomic E-state index is 12.7. The standard InChI is InChI=1S/C17H16Cl2N4O2/c1-4-9(2)23-16(24)11(8-20)10(3)15(17(23)25)22-21-13-7-5-6-12(18)14(13)19/h5-7,9,24H,4H2,1-3H3. The molecule has 1 unspecified atom stereocenters. The van der Waals surface area contributed by atoms with Crippen molar-refractivity contribution in [1.82, 2.24) is 4.57 Å². The highest BCUT2D eigenvalue weighted by molar-refractivity contribution is 6.43. The van der Waals surface area contributed by atoms with Gasteiger partial charge in [-0.1, -0.05) is 36.2 Å². The zero-order valence-corrected chi connectivity index (χ0v) is 15.4. The zero-order chi connectivity index (χ0) is 18.7. The highest BCUT2D eigenvalue weighted by Gasteiger charge is 2.21. The number of benzene rings is 1. The van der Waals surface area contributed by atoms with Crippen molar-refractivity contribution in [1.29, 1.82) is 5.26 Å². The number of halogens is 2. The quantitative estimate of drug-likeness (QED) is 0.719. The number of hydrogen-bond acceptors (Lipinski definition) is 5. The van der Waals surface area contributed by atoms with Crippen molar-refractivity contribution in [3.05, 3.63) is 49.7 Å². The van der Waals surface area contributed by atoms with Crippen LogP contribution in [0, 0.1) is 18.3 Å². The minimum absolute atomic E-state index is 0.00830. The number of pyridine rings is 1. The summed E-state index contributed by atoms with van der Waals surface area (Å²) in [6, 6.07) is 6.48. The second-order valence-electron chi connectivity index (χ2n) is 5.49.